The van der Waals surface area contributed by atoms with Gasteiger partial charge in [-0.15, -0.1) is 0 Å². The van der Waals surface area contributed by atoms with Crippen molar-refractivity contribution in [1.82, 2.24) is 19.6 Å². The maximum Gasteiger partial charge on any atom is 0.336 e. The highest BCUT2D eigenvalue weighted by Crippen LogP contribution is 2.36. The number of rotatable bonds is 10. The number of carboxylic acid groups (broad SMARTS) is 2. The maximum absolute atomic E-state index is 15.1. The van der Waals surface area contributed by atoms with Gasteiger partial charge in [-0.25, -0.2) is 45.3 Å². The molecule has 0 fully saturated rings. The Hall–Kier alpha value is -6.26. The van der Waals surface area contributed by atoms with Crippen molar-refractivity contribution >= 4 is 11.9 Å². The van der Waals surface area contributed by atoms with Gasteiger partial charge in [0.2, 0.25) is 0 Å². The molecule has 0 aliphatic heterocycles. The quantitative estimate of drug-likeness (QED) is 0.137. The minimum absolute atomic E-state index is 0.0681. The molecule has 16 heteroatoms. The van der Waals surface area contributed by atoms with Gasteiger partial charge in [0.1, 0.15) is 59.5 Å². The topological polar surface area (TPSA) is 129 Å². The lowest BCUT2D eigenvalue weighted by molar-refractivity contribution is 0.0686. The second-order valence-electron chi connectivity index (χ2n) is 10.8. The van der Waals surface area contributed by atoms with Crippen LogP contribution in [0, 0.1) is 34.9 Å². The van der Waals surface area contributed by atoms with Crippen LogP contribution >= 0.6 is 0 Å². The summed E-state index contributed by atoms with van der Waals surface area (Å²) < 4.78 is 97.3. The number of nitrogens with zero attached hydrogens (tertiary/aromatic N) is 4. The number of halogens is 6. The zero-order valence-corrected chi connectivity index (χ0v) is 27.1. The van der Waals surface area contributed by atoms with Gasteiger partial charge < -0.3 is 19.7 Å². The van der Waals surface area contributed by atoms with E-state index < -0.39 is 74.8 Å². The molecule has 0 radical (unpaired) electrons. The number of ether oxygens (including phenoxy) is 2. The van der Waals surface area contributed by atoms with Crippen LogP contribution in [-0.4, -0.2) is 55.9 Å². The summed E-state index contributed by atoms with van der Waals surface area (Å²) in [5.74, 6) is -7.52. The summed E-state index contributed by atoms with van der Waals surface area (Å²) in [7, 11) is 2.69. The molecule has 0 bridgehead atoms. The molecule has 2 aromatic heterocycles. The van der Waals surface area contributed by atoms with E-state index in [-0.39, 0.29) is 41.7 Å². The van der Waals surface area contributed by atoms with Crippen molar-refractivity contribution in [2.75, 3.05) is 14.2 Å². The van der Waals surface area contributed by atoms with Crippen LogP contribution in [0.3, 0.4) is 0 Å². The third-order valence-electron chi connectivity index (χ3n) is 7.49. The molecule has 0 aliphatic carbocycles. The second kappa shape index (κ2) is 15.7. The summed E-state index contributed by atoms with van der Waals surface area (Å²) >= 11 is 0. The van der Waals surface area contributed by atoms with Crippen molar-refractivity contribution in [1.29, 1.82) is 0 Å². The Labute approximate surface area is 290 Å². The molecular formula is C36H26F6N4O6. The average molecular weight is 725 g/mol. The Bertz CT molecular complexity index is 2260. The van der Waals surface area contributed by atoms with E-state index in [0.29, 0.717) is 0 Å². The zero-order chi connectivity index (χ0) is 37.7. The third-order valence-corrected chi connectivity index (χ3v) is 7.49. The van der Waals surface area contributed by atoms with Gasteiger partial charge in [-0.2, -0.15) is 10.2 Å². The minimum atomic E-state index is -1.41. The lowest BCUT2D eigenvalue weighted by atomic mass is 10.0. The molecular weight excluding hydrogens is 698 g/mol. The molecule has 10 nitrogen and oxygen atoms in total. The van der Waals surface area contributed by atoms with E-state index in [4.69, 9.17) is 9.47 Å². The normalized spacial score (nSPS) is 10.9. The van der Waals surface area contributed by atoms with Crippen molar-refractivity contribution in [3.63, 3.8) is 0 Å². The number of methoxy groups -OCH3 is 2. The fourth-order valence-electron chi connectivity index (χ4n) is 5.27. The van der Waals surface area contributed by atoms with E-state index in [9.17, 15) is 37.4 Å². The molecule has 268 valence electrons. The summed E-state index contributed by atoms with van der Waals surface area (Å²) in [6, 6.07) is 16.7. The average Bonchev–Trinajstić information content (AvgIpc) is 3.60. The van der Waals surface area contributed by atoms with Gasteiger partial charge in [0.15, 0.2) is 11.6 Å². The van der Waals surface area contributed by atoms with Gasteiger partial charge in [-0.3, -0.25) is 0 Å². The Kier molecular flexibility index (Phi) is 11.2. The molecule has 2 heterocycles. The van der Waals surface area contributed by atoms with Crippen molar-refractivity contribution in [2.45, 2.75) is 13.5 Å². The highest BCUT2D eigenvalue weighted by Gasteiger charge is 2.28. The predicted molar refractivity (Wildman–Crippen MR) is 174 cm³/mol. The van der Waals surface area contributed by atoms with Gasteiger partial charge in [-0.1, -0.05) is 12.1 Å². The molecule has 0 amide bonds. The first-order valence-electron chi connectivity index (χ1n) is 14.9. The fourth-order valence-corrected chi connectivity index (χ4v) is 5.27. The number of benzene rings is 4. The number of aromatic carboxylic acids is 2. The fraction of sp³-hybridized carbons (Fsp3) is 0.111. The van der Waals surface area contributed by atoms with Crippen molar-refractivity contribution in [3.8, 4) is 45.0 Å². The number of hydrogen-bond donors (Lipinski definition) is 2. The van der Waals surface area contributed by atoms with Crippen LogP contribution in [0.4, 0.5) is 26.3 Å². The zero-order valence-electron chi connectivity index (χ0n) is 27.1. The smallest absolute Gasteiger partial charge is 0.336 e. The second-order valence-corrected chi connectivity index (χ2v) is 10.8. The van der Waals surface area contributed by atoms with E-state index >= 15 is 8.78 Å². The van der Waals surface area contributed by atoms with Gasteiger partial charge in [-0.05, 0) is 72.8 Å². The first-order chi connectivity index (χ1) is 24.9. The van der Waals surface area contributed by atoms with Crippen molar-refractivity contribution < 1.29 is 55.6 Å². The van der Waals surface area contributed by atoms with Crippen LogP contribution in [0.15, 0.2) is 84.9 Å². The van der Waals surface area contributed by atoms with Crippen LogP contribution in [0.1, 0.15) is 20.7 Å². The molecule has 0 unspecified atom stereocenters. The molecule has 4 aromatic carbocycles. The largest absolute Gasteiger partial charge is 0.478 e. The van der Waals surface area contributed by atoms with Gasteiger partial charge in [0.25, 0.3) is 0 Å². The highest BCUT2D eigenvalue weighted by molar-refractivity contribution is 5.97. The molecule has 0 saturated carbocycles. The predicted octanol–water partition coefficient (Wildman–Crippen LogP) is 7.87. The van der Waals surface area contributed by atoms with Gasteiger partial charge in [0.05, 0.1) is 22.3 Å². The Morgan fingerprint density at radius 2 is 1.00 bits per heavy atom. The summed E-state index contributed by atoms with van der Waals surface area (Å²) in [6.45, 7) is -0.401. The van der Waals surface area contributed by atoms with E-state index in [0.717, 1.165) is 51.8 Å². The monoisotopic (exact) mass is 724 g/mol. The summed E-state index contributed by atoms with van der Waals surface area (Å²) in [5, 5.41) is 26.6. The Morgan fingerprint density at radius 1 is 0.577 bits per heavy atom. The van der Waals surface area contributed by atoms with E-state index in [1.807, 2.05) is 0 Å². The highest BCUT2D eigenvalue weighted by atomic mass is 19.1. The Morgan fingerprint density at radius 3 is 1.50 bits per heavy atom. The van der Waals surface area contributed by atoms with Crippen molar-refractivity contribution in [3.05, 3.63) is 131 Å². The van der Waals surface area contributed by atoms with Gasteiger partial charge in [0, 0.05) is 25.3 Å². The molecule has 6 rings (SSSR count). The van der Waals surface area contributed by atoms with E-state index in [2.05, 4.69) is 10.2 Å². The Balaban J connectivity index is 0.000000201. The van der Waals surface area contributed by atoms with Crippen LogP contribution in [0.5, 0.6) is 0 Å². The van der Waals surface area contributed by atoms with Crippen LogP contribution in [0.25, 0.3) is 45.0 Å². The maximum atomic E-state index is 15.1. The number of carbonyl (C=O) groups is 2. The number of hydrogen-bond acceptors (Lipinski definition) is 6. The van der Waals surface area contributed by atoms with Crippen molar-refractivity contribution in [2.24, 2.45) is 0 Å². The van der Waals surface area contributed by atoms with Crippen LogP contribution in [-0.2, 0) is 22.9 Å². The van der Waals surface area contributed by atoms with Gasteiger partial charge >= 0.3 is 11.9 Å². The van der Waals surface area contributed by atoms with Crippen LogP contribution < -0.4 is 0 Å². The minimum Gasteiger partial charge on any atom is -0.478 e. The summed E-state index contributed by atoms with van der Waals surface area (Å²) in [5.41, 5.74) is -2.24. The molecule has 0 spiro atoms. The molecule has 2 N–H and O–H groups in total. The third kappa shape index (κ3) is 7.42. The lowest BCUT2D eigenvalue weighted by Crippen LogP contribution is -2.09. The van der Waals surface area contributed by atoms with Crippen LogP contribution in [0.2, 0.25) is 0 Å². The molecule has 0 saturated heterocycles. The van der Waals surface area contributed by atoms with E-state index in [1.54, 1.807) is 0 Å². The SMILES string of the molecule is COCn1nc(-c2c(F)cccc2C(=O)O)c(F)c1-c1ccc(F)cc1.COCn1nc(-c2ccc(F)cc2)c(F)c1-c1c(F)cccc1C(=O)O. The molecule has 0 aliphatic rings. The summed E-state index contributed by atoms with van der Waals surface area (Å²) in [4.78, 5) is 22.8. The summed E-state index contributed by atoms with van der Waals surface area (Å²) in [6.07, 6.45) is 0. The molecule has 52 heavy (non-hydrogen) atoms. The molecule has 6 aromatic rings. The standard InChI is InChI=1S/2C18H13F3N2O3/c1-26-9-23-17(10-5-7-11(19)8-6-10)15(21)16(22-23)14-12(18(24)25)3-2-4-13(14)20;1-26-9-23-17(14-12(18(24)25)3-2-4-13(14)20)15(21)16(22-23)10-5-7-11(19)8-6-10/h2*2-8H,9H2,1H3,(H,24,25). The molecule has 0 atom stereocenters. The van der Waals surface area contributed by atoms with E-state index in [1.165, 1.54) is 56.7 Å². The first-order valence-corrected chi connectivity index (χ1v) is 14.9. The first kappa shape index (κ1) is 37.0. The number of carboxylic acids is 2. The lowest BCUT2D eigenvalue weighted by Gasteiger charge is -2.10. The number of aromatic nitrogens is 4.